The van der Waals surface area contributed by atoms with E-state index in [0.717, 1.165) is 15.8 Å². The number of ether oxygens (including phenoxy) is 1. The molecule has 0 saturated heterocycles. The van der Waals surface area contributed by atoms with Crippen molar-refractivity contribution >= 4 is 21.8 Å². The Balaban J connectivity index is 1.73. The molecule has 0 bridgehead atoms. The first-order valence-electron chi connectivity index (χ1n) is 7.36. The fourth-order valence-electron chi connectivity index (χ4n) is 1.96. The number of hydroxylamine groups is 1. The number of carbonyl (C=O) groups is 1. The van der Waals surface area contributed by atoms with Crippen molar-refractivity contribution in [1.82, 2.24) is 5.48 Å². The van der Waals surface area contributed by atoms with Crippen LogP contribution in [0.1, 0.15) is 19.4 Å². The molecule has 0 aromatic heterocycles. The third kappa shape index (κ3) is 5.08. The summed E-state index contributed by atoms with van der Waals surface area (Å²) in [4.78, 5) is 17.5. The highest BCUT2D eigenvalue weighted by molar-refractivity contribution is 9.10. The Morgan fingerprint density at radius 1 is 1.04 bits per heavy atom. The molecule has 4 nitrogen and oxygen atoms in total. The molecule has 2 aromatic rings. The van der Waals surface area contributed by atoms with Crippen molar-refractivity contribution in [3.63, 3.8) is 0 Å². The summed E-state index contributed by atoms with van der Waals surface area (Å²) in [5.74, 6) is 0.570. The Bertz CT molecular complexity index is 626. The van der Waals surface area contributed by atoms with Crippen LogP contribution in [0.5, 0.6) is 5.75 Å². The summed E-state index contributed by atoms with van der Waals surface area (Å²) in [6, 6.07) is 17.1. The van der Waals surface area contributed by atoms with Crippen LogP contribution in [0.3, 0.4) is 0 Å². The van der Waals surface area contributed by atoms with Crippen molar-refractivity contribution in [3.8, 4) is 5.75 Å². The first-order valence-corrected chi connectivity index (χ1v) is 8.15. The van der Waals surface area contributed by atoms with Gasteiger partial charge in [-0.3, -0.25) is 9.63 Å². The Morgan fingerprint density at radius 2 is 1.70 bits per heavy atom. The van der Waals surface area contributed by atoms with Gasteiger partial charge in [-0.25, -0.2) is 5.48 Å². The average molecular weight is 378 g/mol. The second-order valence-electron chi connectivity index (χ2n) is 5.57. The molecular formula is C18H20BrNO3. The number of carbonyl (C=O) groups excluding carboxylic acids is 1. The predicted octanol–water partition coefficient (Wildman–Crippen LogP) is 3.85. The molecule has 2 aromatic carbocycles. The van der Waals surface area contributed by atoms with E-state index >= 15 is 0 Å². The van der Waals surface area contributed by atoms with Crippen LogP contribution in [0.2, 0.25) is 0 Å². The summed E-state index contributed by atoms with van der Waals surface area (Å²) in [5.41, 5.74) is 2.77. The third-order valence-electron chi connectivity index (χ3n) is 3.50. The predicted molar refractivity (Wildman–Crippen MR) is 93.2 cm³/mol. The van der Waals surface area contributed by atoms with Crippen molar-refractivity contribution in [2.75, 3.05) is 13.2 Å². The Labute approximate surface area is 144 Å². The van der Waals surface area contributed by atoms with Crippen LogP contribution < -0.4 is 10.2 Å². The van der Waals surface area contributed by atoms with E-state index in [2.05, 4.69) is 21.4 Å². The topological polar surface area (TPSA) is 47.6 Å². The lowest BCUT2D eigenvalue weighted by atomic mass is 9.84. The Morgan fingerprint density at radius 3 is 2.35 bits per heavy atom. The molecule has 122 valence electrons. The van der Waals surface area contributed by atoms with E-state index in [1.165, 1.54) is 0 Å². The molecule has 23 heavy (non-hydrogen) atoms. The standard InChI is InChI=1S/C18H20BrNO3/c1-18(2,14-6-4-3-5-7-14)17(21)20-23-13-12-22-16-10-8-15(19)9-11-16/h3-11H,12-13H2,1-2H3,(H,20,21). The minimum absolute atomic E-state index is 0.188. The maximum absolute atomic E-state index is 12.3. The van der Waals surface area contributed by atoms with Crippen LogP contribution in [0.15, 0.2) is 59.1 Å². The van der Waals surface area contributed by atoms with Gasteiger partial charge in [0.05, 0.1) is 5.41 Å². The van der Waals surface area contributed by atoms with Gasteiger partial charge in [0.2, 0.25) is 0 Å². The highest BCUT2D eigenvalue weighted by Crippen LogP contribution is 2.22. The second-order valence-corrected chi connectivity index (χ2v) is 6.49. The molecule has 0 saturated carbocycles. The van der Waals surface area contributed by atoms with Crippen LogP contribution in [0.25, 0.3) is 0 Å². The van der Waals surface area contributed by atoms with E-state index < -0.39 is 5.41 Å². The minimum atomic E-state index is -0.659. The largest absolute Gasteiger partial charge is 0.491 e. The zero-order valence-electron chi connectivity index (χ0n) is 13.2. The number of hydrogen-bond acceptors (Lipinski definition) is 3. The van der Waals surface area contributed by atoms with Gasteiger partial charge in [0.25, 0.3) is 5.91 Å². The molecule has 0 heterocycles. The van der Waals surface area contributed by atoms with Crippen molar-refractivity contribution in [2.45, 2.75) is 19.3 Å². The van der Waals surface area contributed by atoms with E-state index in [1.807, 2.05) is 68.4 Å². The van der Waals surface area contributed by atoms with Gasteiger partial charge in [-0.2, -0.15) is 0 Å². The average Bonchev–Trinajstić information content (AvgIpc) is 2.57. The van der Waals surface area contributed by atoms with E-state index in [4.69, 9.17) is 9.57 Å². The van der Waals surface area contributed by atoms with Gasteiger partial charge in [-0.1, -0.05) is 46.3 Å². The molecule has 0 aliphatic carbocycles. The summed E-state index contributed by atoms with van der Waals surface area (Å²) in [6.07, 6.45) is 0. The van der Waals surface area contributed by atoms with Gasteiger partial charge in [0.1, 0.15) is 19.0 Å². The van der Waals surface area contributed by atoms with Crippen molar-refractivity contribution < 1.29 is 14.4 Å². The number of halogens is 1. The second kappa shape index (κ2) is 8.13. The molecule has 0 aliphatic heterocycles. The number of benzene rings is 2. The number of hydrogen-bond donors (Lipinski definition) is 1. The smallest absolute Gasteiger partial charge is 0.253 e. The first kappa shape index (κ1) is 17.5. The van der Waals surface area contributed by atoms with Gasteiger partial charge in [-0.15, -0.1) is 0 Å². The molecule has 1 amide bonds. The van der Waals surface area contributed by atoms with Crippen LogP contribution >= 0.6 is 15.9 Å². The molecule has 2 rings (SSSR count). The van der Waals surface area contributed by atoms with E-state index in [0.29, 0.717) is 6.61 Å². The number of nitrogens with one attached hydrogen (secondary N) is 1. The minimum Gasteiger partial charge on any atom is -0.491 e. The lowest BCUT2D eigenvalue weighted by Gasteiger charge is -2.23. The number of amides is 1. The molecule has 0 aliphatic rings. The van der Waals surface area contributed by atoms with E-state index in [-0.39, 0.29) is 12.5 Å². The summed E-state index contributed by atoms with van der Waals surface area (Å²) < 4.78 is 6.51. The summed E-state index contributed by atoms with van der Waals surface area (Å²) in [7, 11) is 0. The molecule has 1 N–H and O–H groups in total. The van der Waals surface area contributed by atoms with Crippen LogP contribution in [0.4, 0.5) is 0 Å². The molecule has 0 unspecified atom stereocenters. The molecular weight excluding hydrogens is 358 g/mol. The van der Waals surface area contributed by atoms with Crippen LogP contribution in [-0.2, 0) is 15.0 Å². The van der Waals surface area contributed by atoms with Crippen LogP contribution in [0, 0.1) is 0 Å². The summed E-state index contributed by atoms with van der Waals surface area (Å²) in [6.45, 7) is 4.35. The quantitative estimate of drug-likeness (QED) is 0.588. The molecule has 0 spiro atoms. The maximum Gasteiger partial charge on any atom is 0.253 e. The fourth-order valence-corrected chi connectivity index (χ4v) is 2.23. The zero-order valence-corrected chi connectivity index (χ0v) is 14.8. The lowest BCUT2D eigenvalue weighted by molar-refractivity contribution is -0.139. The highest BCUT2D eigenvalue weighted by atomic mass is 79.9. The number of rotatable bonds is 7. The Kier molecular flexibility index (Phi) is 6.19. The van der Waals surface area contributed by atoms with Crippen molar-refractivity contribution in [3.05, 3.63) is 64.6 Å². The van der Waals surface area contributed by atoms with E-state index in [1.54, 1.807) is 0 Å². The lowest BCUT2D eigenvalue weighted by Crippen LogP contribution is -2.40. The first-order chi connectivity index (χ1) is 11.0. The third-order valence-corrected chi connectivity index (χ3v) is 4.02. The molecule has 0 fully saturated rings. The van der Waals surface area contributed by atoms with Gasteiger partial charge in [0.15, 0.2) is 0 Å². The van der Waals surface area contributed by atoms with Crippen molar-refractivity contribution in [2.24, 2.45) is 0 Å². The summed E-state index contributed by atoms with van der Waals surface area (Å²) >= 11 is 3.36. The highest BCUT2D eigenvalue weighted by Gasteiger charge is 2.29. The van der Waals surface area contributed by atoms with Gasteiger partial charge in [-0.05, 0) is 43.7 Å². The SMILES string of the molecule is CC(C)(C(=O)NOCCOc1ccc(Br)cc1)c1ccccc1. The summed E-state index contributed by atoms with van der Waals surface area (Å²) in [5, 5.41) is 0. The van der Waals surface area contributed by atoms with Gasteiger partial charge in [0, 0.05) is 4.47 Å². The molecule has 0 radical (unpaired) electrons. The zero-order chi connectivity index (χ0) is 16.7. The normalized spacial score (nSPS) is 11.1. The Hall–Kier alpha value is -1.85. The van der Waals surface area contributed by atoms with Gasteiger partial charge >= 0.3 is 0 Å². The molecule has 5 heteroatoms. The molecule has 0 atom stereocenters. The van der Waals surface area contributed by atoms with Crippen LogP contribution in [-0.4, -0.2) is 19.1 Å². The monoisotopic (exact) mass is 377 g/mol. The van der Waals surface area contributed by atoms with Crippen molar-refractivity contribution in [1.29, 1.82) is 0 Å². The fraction of sp³-hybridized carbons (Fsp3) is 0.278. The van der Waals surface area contributed by atoms with Gasteiger partial charge < -0.3 is 4.74 Å². The maximum atomic E-state index is 12.3. The van der Waals surface area contributed by atoms with E-state index in [9.17, 15) is 4.79 Å².